The fourth-order valence-corrected chi connectivity index (χ4v) is 3.24. The number of carbonyl (C=O) groups excluding carboxylic acids is 1. The second-order valence-electron chi connectivity index (χ2n) is 5.15. The van der Waals surface area contributed by atoms with Gasteiger partial charge in [-0.1, -0.05) is 26.7 Å². The van der Waals surface area contributed by atoms with Crippen molar-refractivity contribution in [3.8, 4) is 0 Å². The van der Waals surface area contributed by atoms with Crippen molar-refractivity contribution in [1.29, 1.82) is 0 Å². The molecule has 1 aliphatic carbocycles. The van der Waals surface area contributed by atoms with Gasteiger partial charge in [-0.15, -0.1) is 11.3 Å². The fourth-order valence-electron chi connectivity index (χ4n) is 2.70. The number of hydrogen-bond donors (Lipinski definition) is 1. The lowest BCUT2D eigenvalue weighted by atomic mass is 9.78. The van der Waals surface area contributed by atoms with E-state index in [9.17, 15) is 4.79 Å². The second kappa shape index (κ2) is 5.63. The minimum atomic E-state index is -0.0104. The maximum atomic E-state index is 12.0. The number of carbonyl (C=O) groups is 1. The molecule has 1 saturated carbocycles. The van der Waals surface area contributed by atoms with Gasteiger partial charge in [-0.2, -0.15) is 0 Å². The lowest BCUT2D eigenvalue weighted by Gasteiger charge is -2.34. The van der Waals surface area contributed by atoms with Crippen molar-refractivity contribution >= 4 is 17.2 Å². The van der Waals surface area contributed by atoms with Gasteiger partial charge < -0.3 is 5.32 Å². The third-order valence-corrected chi connectivity index (χ3v) is 4.24. The molecule has 2 unspecified atom stereocenters. The first-order valence-electron chi connectivity index (χ1n) is 6.37. The molecule has 2 rings (SSSR count). The molecule has 0 aromatic carbocycles. The molecule has 0 saturated heterocycles. The van der Waals surface area contributed by atoms with E-state index in [4.69, 9.17) is 0 Å². The van der Waals surface area contributed by atoms with Gasteiger partial charge in [0.15, 0.2) is 0 Å². The van der Waals surface area contributed by atoms with Crippen LogP contribution in [0.3, 0.4) is 0 Å². The van der Waals surface area contributed by atoms with Gasteiger partial charge in [-0.3, -0.25) is 4.79 Å². The van der Waals surface area contributed by atoms with Gasteiger partial charge in [0.2, 0.25) is 0 Å². The Morgan fingerprint density at radius 2 is 2.24 bits per heavy atom. The lowest BCUT2D eigenvalue weighted by Crippen LogP contribution is -2.44. The summed E-state index contributed by atoms with van der Waals surface area (Å²) in [5.41, 5.74) is 2.26. The minimum Gasteiger partial charge on any atom is -0.348 e. The van der Waals surface area contributed by atoms with Crippen LogP contribution >= 0.6 is 11.3 Å². The van der Waals surface area contributed by atoms with Crippen molar-refractivity contribution in [1.82, 2.24) is 10.3 Å². The highest BCUT2D eigenvalue weighted by atomic mass is 32.1. The summed E-state index contributed by atoms with van der Waals surface area (Å²) in [6, 6.07) is 0.331. The highest BCUT2D eigenvalue weighted by molar-refractivity contribution is 7.07. The fraction of sp³-hybridized carbons (Fsp3) is 0.692. The molecule has 17 heavy (non-hydrogen) atoms. The monoisotopic (exact) mass is 252 g/mol. The number of nitrogens with zero attached hydrogens (tertiary/aromatic N) is 1. The summed E-state index contributed by atoms with van der Waals surface area (Å²) in [6.07, 6.45) is 4.87. The summed E-state index contributed by atoms with van der Waals surface area (Å²) in [6.45, 7) is 4.50. The van der Waals surface area contributed by atoms with Gasteiger partial charge in [-0.25, -0.2) is 4.98 Å². The first kappa shape index (κ1) is 12.6. The predicted octanol–water partition coefficient (Wildman–Crippen LogP) is 3.09. The standard InChI is InChI=1S/C13H20N2OS/c1-9(2)10-5-3-4-6-11(10)15-13(16)12-7-17-8-14-12/h7-11H,3-6H2,1-2H3,(H,15,16). The Hall–Kier alpha value is -0.900. The molecule has 1 aromatic rings. The maximum absolute atomic E-state index is 12.0. The number of thiazole rings is 1. The molecule has 4 heteroatoms. The summed E-state index contributed by atoms with van der Waals surface area (Å²) in [5.74, 6) is 1.24. The maximum Gasteiger partial charge on any atom is 0.270 e. The van der Waals surface area contributed by atoms with Gasteiger partial charge in [0.25, 0.3) is 5.91 Å². The summed E-state index contributed by atoms with van der Waals surface area (Å²) in [4.78, 5) is 16.0. The molecule has 3 nitrogen and oxygen atoms in total. The van der Waals surface area contributed by atoms with E-state index < -0.39 is 0 Å². The van der Waals surface area contributed by atoms with Crippen molar-refractivity contribution < 1.29 is 4.79 Å². The number of amides is 1. The van der Waals surface area contributed by atoms with Gasteiger partial charge in [-0.05, 0) is 24.7 Å². The molecule has 1 amide bonds. The molecule has 1 fully saturated rings. The van der Waals surface area contributed by atoms with Crippen molar-refractivity contribution in [2.75, 3.05) is 0 Å². The first-order valence-corrected chi connectivity index (χ1v) is 7.32. The normalized spacial score (nSPS) is 24.9. The molecule has 0 aliphatic heterocycles. The molecular weight excluding hydrogens is 232 g/mol. The van der Waals surface area contributed by atoms with E-state index in [1.807, 2.05) is 5.38 Å². The number of nitrogens with one attached hydrogen (secondary N) is 1. The molecule has 0 spiro atoms. The van der Waals surface area contributed by atoms with Crippen LogP contribution in [0.1, 0.15) is 50.0 Å². The highest BCUT2D eigenvalue weighted by Crippen LogP contribution is 2.30. The largest absolute Gasteiger partial charge is 0.348 e. The van der Waals surface area contributed by atoms with Crippen LogP contribution in [-0.4, -0.2) is 16.9 Å². The van der Waals surface area contributed by atoms with E-state index in [2.05, 4.69) is 24.1 Å². The second-order valence-corrected chi connectivity index (χ2v) is 5.86. The van der Waals surface area contributed by atoms with Crippen LogP contribution in [0.2, 0.25) is 0 Å². The molecule has 1 aromatic heterocycles. The van der Waals surface area contributed by atoms with E-state index in [1.165, 1.54) is 30.6 Å². The average Bonchev–Trinajstić information content (AvgIpc) is 2.83. The summed E-state index contributed by atoms with van der Waals surface area (Å²) < 4.78 is 0. The number of aromatic nitrogens is 1. The Kier molecular flexibility index (Phi) is 4.15. The molecule has 0 bridgehead atoms. The topological polar surface area (TPSA) is 42.0 Å². The zero-order valence-corrected chi connectivity index (χ0v) is 11.3. The number of hydrogen-bond acceptors (Lipinski definition) is 3. The third-order valence-electron chi connectivity index (χ3n) is 3.66. The minimum absolute atomic E-state index is 0.0104. The van der Waals surface area contributed by atoms with E-state index >= 15 is 0 Å². The Labute approximate surface area is 107 Å². The molecule has 1 heterocycles. The van der Waals surface area contributed by atoms with Crippen molar-refractivity contribution in [2.45, 2.75) is 45.6 Å². The third kappa shape index (κ3) is 3.06. The van der Waals surface area contributed by atoms with Gasteiger partial charge in [0.05, 0.1) is 5.51 Å². The van der Waals surface area contributed by atoms with E-state index in [1.54, 1.807) is 5.51 Å². The summed E-state index contributed by atoms with van der Waals surface area (Å²) in [7, 11) is 0. The zero-order chi connectivity index (χ0) is 12.3. The SMILES string of the molecule is CC(C)C1CCCCC1NC(=O)c1cscn1. The molecule has 2 atom stereocenters. The predicted molar refractivity (Wildman–Crippen MR) is 70.2 cm³/mol. The lowest BCUT2D eigenvalue weighted by molar-refractivity contribution is 0.0885. The summed E-state index contributed by atoms with van der Waals surface area (Å²) in [5, 5.41) is 4.97. The highest BCUT2D eigenvalue weighted by Gasteiger charge is 2.29. The Bertz CT molecular complexity index is 362. The van der Waals surface area contributed by atoms with Crippen LogP contribution < -0.4 is 5.32 Å². The van der Waals surface area contributed by atoms with Crippen LogP contribution in [0, 0.1) is 11.8 Å². The number of rotatable bonds is 3. The van der Waals surface area contributed by atoms with Crippen LogP contribution in [0.5, 0.6) is 0 Å². The summed E-state index contributed by atoms with van der Waals surface area (Å²) >= 11 is 1.47. The van der Waals surface area contributed by atoms with Gasteiger partial charge in [0.1, 0.15) is 5.69 Å². The Balaban J connectivity index is 1.98. The van der Waals surface area contributed by atoms with Crippen LogP contribution in [0.15, 0.2) is 10.9 Å². The van der Waals surface area contributed by atoms with Crippen molar-refractivity contribution in [3.63, 3.8) is 0 Å². The Morgan fingerprint density at radius 3 is 2.88 bits per heavy atom. The van der Waals surface area contributed by atoms with E-state index in [-0.39, 0.29) is 5.91 Å². The Morgan fingerprint density at radius 1 is 1.47 bits per heavy atom. The average molecular weight is 252 g/mol. The quantitative estimate of drug-likeness (QED) is 0.898. The molecule has 94 valence electrons. The van der Waals surface area contributed by atoms with Crippen molar-refractivity contribution in [3.05, 3.63) is 16.6 Å². The zero-order valence-electron chi connectivity index (χ0n) is 10.5. The van der Waals surface area contributed by atoms with Crippen LogP contribution in [0.25, 0.3) is 0 Å². The van der Waals surface area contributed by atoms with Gasteiger partial charge in [0, 0.05) is 11.4 Å². The molecular formula is C13H20N2OS. The molecule has 1 N–H and O–H groups in total. The molecule has 0 radical (unpaired) electrons. The first-order chi connectivity index (χ1) is 8.18. The van der Waals surface area contributed by atoms with Crippen LogP contribution in [-0.2, 0) is 0 Å². The van der Waals surface area contributed by atoms with Crippen LogP contribution in [0.4, 0.5) is 0 Å². The van der Waals surface area contributed by atoms with E-state index in [0.29, 0.717) is 23.6 Å². The van der Waals surface area contributed by atoms with Gasteiger partial charge >= 0.3 is 0 Å². The van der Waals surface area contributed by atoms with E-state index in [0.717, 1.165) is 6.42 Å². The molecule has 1 aliphatic rings. The smallest absolute Gasteiger partial charge is 0.270 e. The van der Waals surface area contributed by atoms with Crippen molar-refractivity contribution in [2.24, 2.45) is 11.8 Å².